The molecular weight excluding hydrogens is 330 g/mol. The molecule has 2 aromatic heterocycles. The van der Waals surface area contributed by atoms with Crippen LogP contribution in [0.3, 0.4) is 0 Å². The molecule has 0 aliphatic heterocycles. The van der Waals surface area contributed by atoms with Crippen molar-refractivity contribution in [2.75, 3.05) is 5.32 Å². The van der Waals surface area contributed by atoms with Gasteiger partial charge in [-0.1, -0.05) is 12.1 Å². The first-order chi connectivity index (χ1) is 12.8. The fourth-order valence-electron chi connectivity index (χ4n) is 2.67. The van der Waals surface area contributed by atoms with Crippen LogP contribution in [0.25, 0.3) is 0 Å². The van der Waals surface area contributed by atoms with Crippen molar-refractivity contribution in [3.8, 4) is 5.88 Å². The van der Waals surface area contributed by atoms with Gasteiger partial charge in [-0.15, -0.1) is 0 Å². The largest absolute Gasteiger partial charge is 0.474 e. The van der Waals surface area contributed by atoms with Crippen molar-refractivity contribution in [3.05, 3.63) is 66.4 Å². The molecule has 1 N–H and O–H groups in total. The Balaban J connectivity index is 1.38. The van der Waals surface area contributed by atoms with E-state index in [1.165, 1.54) is 12.7 Å². The maximum absolute atomic E-state index is 12.5. The molecule has 1 aliphatic carbocycles. The van der Waals surface area contributed by atoms with E-state index < -0.39 is 0 Å². The lowest BCUT2D eigenvalue weighted by atomic mass is 9.96. The molecule has 0 radical (unpaired) electrons. The smallest absolute Gasteiger partial charge is 0.255 e. The number of hydrogen-bond donors (Lipinski definition) is 1. The van der Waals surface area contributed by atoms with Gasteiger partial charge in [0.15, 0.2) is 0 Å². The summed E-state index contributed by atoms with van der Waals surface area (Å²) in [5, 5.41) is 6.97. The number of anilines is 1. The second kappa shape index (κ2) is 7.35. The van der Waals surface area contributed by atoms with E-state index in [1.54, 1.807) is 29.3 Å². The van der Waals surface area contributed by atoms with Gasteiger partial charge in [-0.2, -0.15) is 5.10 Å². The van der Waals surface area contributed by atoms with Crippen LogP contribution < -0.4 is 10.1 Å². The van der Waals surface area contributed by atoms with Crippen LogP contribution in [0.2, 0.25) is 0 Å². The van der Waals surface area contributed by atoms with E-state index in [0.29, 0.717) is 18.0 Å². The van der Waals surface area contributed by atoms with Crippen molar-refractivity contribution in [1.82, 2.24) is 19.7 Å². The molecule has 4 rings (SSSR count). The normalized spacial score (nSPS) is 13.8. The maximum atomic E-state index is 12.5. The van der Waals surface area contributed by atoms with Crippen molar-refractivity contribution >= 4 is 11.6 Å². The third kappa shape index (κ3) is 3.88. The van der Waals surface area contributed by atoms with Crippen LogP contribution in [0.4, 0.5) is 5.69 Å². The van der Waals surface area contributed by atoms with E-state index in [2.05, 4.69) is 20.4 Å². The van der Waals surface area contributed by atoms with Crippen molar-refractivity contribution in [2.45, 2.75) is 31.9 Å². The van der Waals surface area contributed by atoms with Crippen LogP contribution in [0, 0.1) is 0 Å². The minimum absolute atomic E-state index is 0.185. The molecule has 26 heavy (non-hydrogen) atoms. The third-order valence-electron chi connectivity index (χ3n) is 4.36. The molecule has 1 fully saturated rings. The van der Waals surface area contributed by atoms with E-state index >= 15 is 0 Å². The molecule has 2 heterocycles. The summed E-state index contributed by atoms with van der Waals surface area (Å²) in [4.78, 5) is 20.6. The molecule has 1 aromatic carbocycles. The van der Waals surface area contributed by atoms with Gasteiger partial charge in [-0.25, -0.2) is 14.6 Å². The topological polar surface area (TPSA) is 81.9 Å². The van der Waals surface area contributed by atoms with Gasteiger partial charge in [0.05, 0.1) is 6.54 Å². The molecule has 7 nitrogen and oxygen atoms in total. The molecule has 1 aliphatic rings. The maximum Gasteiger partial charge on any atom is 0.255 e. The number of ether oxygens (including phenoxy) is 1. The fraction of sp³-hybridized carbons (Fsp3) is 0.263. The van der Waals surface area contributed by atoms with Gasteiger partial charge >= 0.3 is 0 Å². The molecule has 0 unspecified atom stereocenters. The first kappa shape index (κ1) is 16.3. The number of carbonyl (C=O) groups excluding carboxylic acids is 1. The SMILES string of the molecule is O=C(Nc1ccc(Cn2cncn2)cc1)c1ccnc(OC2CCC2)c1. The minimum Gasteiger partial charge on any atom is -0.474 e. The lowest BCUT2D eigenvalue weighted by molar-refractivity contribution is 0.101. The summed E-state index contributed by atoms with van der Waals surface area (Å²) < 4.78 is 7.50. The average Bonchev–Trinajstić information content (AvgIpc) is 3.13. The van der Waals surface area contributed by atoms with Crippen LogP contribution in [0.5, 0.6) is 5.88 Å². The van der Waals surface area contributed by atoms with Gasteiger partial charge in [0.2, 0.25) is 5.88 Å². The molecule has 0 spiro atoms. The highest BCUT2D eigenvalue weighted by Crippen LogP contribution is 2.24. The predicted octanol–water partition coefficient (Wildman–Crippen LogP) is 2.91. The van der Waals surface area contributed by atoms with Crippen LogP contribution >= 0.6 is 0 Å². The highest BCUT2D eigenvalue weighted by atomic mass is 16.5. The fourth-order valence-corrected chi connectivity index (χ4v) is 2.67. The summed E-state index contributed by atoms with van der Waals surface area (Å²) in [6, 6.07) is 11.0. The van der Waals surface area contributed by atoms with E-state index in [4.69, 9.17) is 4.74 Å². The minimum atomic E-state index is -0.185. The molecule has 1 saturated carbocycles. The van der Waals surface area contributed by atoms with Crippen LogP contribution in [0.1, 0.15) is 35.2 Å². The zero-order valence-electron chi connectivity index (χ0n) is 14.2. The second-order valence-corrected chi connectivity index (χ2v) is 6.30. The van der Waals surface area contributed by atoms with Crippen molar-refractivity contribution in [1.29, 1.82) is 0 Å². The predicted molar refractivity (Wildman–Crippen MR) is 96.0 cm³/mol. The standard InChI is InChI=1S/C19H19N5O2/c25-19(15-8-9-21-18(10-15)26-17-2-1-3-17)23-16-6-4-14(5-7-16)11-24-13-20-12-22-24/h4-10,12-13,17H,1-3,11H2,(H,23,25). The number of nitrogens with zero attached hydrogens (tertiary/aromatic N) is 4. The van der Waals surface area contributed by atoms with Gasteiger partial charge in [-0.05, 0) is 43.0 Å². The number of amides is 1. The Hall–Kier alpha value is -3.22. The van der Waals surface area contributed by atoms with Gasteiger partial charge in [0.25, 0.3) is 5.91 Å². The van der Waals surface area contributed by atoms with Crippen LogP contribution in [-0.4, -0.2) is 31.8 Å². The number of rotatable bonds is 6. The number of benzene rings is 1. The van der Waals surface area contributed by atoms with Gasteiger partial charge in [0, 0.05) is 23.5 Å². The van der Waals surface area contributed by atoms with E-state index in [-0.39, 0.29) is 12.0 Å². The first-order valence-electron chi connectivity index (χ1n) is 8.62. The summed E-state index contributed by atoms with van der Waals surface area (Å²) >= 11 is 0. The lowest BCUT2D eigenvalue weighted by Gasteiger charge is -2.25. The Kier molecular flexibility index (Phi) is 4.59. The summed E-state index contributed by atoms with van der Waals surface area (Å²) in [5.41, 5.74) is 2.34. The van der Waals surface area contributed by atoms with Crippen molar-refractivity contribution < 1.29 is 9.53 Å². The summed E-state index contributed by atoms with van der Waals surface area (Å²) in [6.07, 6.45) is 8.31. The van der Waals surface area contributed by atoms with E-state index in [9.17, 15) is 4.79 Å². The molecule has 0 saturated heterocycles. The Morgan fingerprint density at radius 3 is 2.77 bits per heavy atom. The molecule has 132 valence electrons. The third-order valence-corrected chi connectivity index (χ3v) is 4.36. The second-order valence-electron chi connectivity index (χ2n) is 6.30. The highest BCUT2D eigenvalue weighted by molar-refractivity contribution is 6.04. The molecule has 7 heteroatoms. The van der Waals surface area contributed by atoms with Crippen molar-refractivity contribution in [3.63, 3.8) is 0 Å². The zero-order valence-corrected chi connectivity index (χ0v) is 14.2. The number of aromatic nitrogens is 4. The Morgan fingerprint density at radius 2 is 2.08 bits per heavy atom. The lowest BCUT2D eigenvalue weighted by Crippen LogP contribution is -2.25. The van der Waals surface area contributed by atoms with E-state index in [0.717, 1.165) is 24.1 Å². The zero-order chi connectivity index (χ0) is 17.8. The highest BCUT2D eigenvalue weighted by Gasteiger charge is 2.20. The Bertz CT molecular complexity index is 873. The Labute approximate surface area is 151 Å². The number of carbonyl (C=O) groups is 1. The summed E-state index contributed by atoms with van der Waals surface area (Å²) in [5.74, 6) is 0.320. The molecule has 0 atom stereocenters. The van der Waals surface area contributed by atoms with Gasteiger partial charge in [-0.3, -0.25) is 4.79 Å². The van der Waals surface area contributed by atoms with Crippen LogP contribution in [-0.2, 0) is 6.54 Å². The molecule has 0 bridgehead atoms. The van der Waals surface area contributed by atoms with Crippen LogP contribution in [0.15, 0.2) is 55.2 Å². The van der Waals surface area contributed by atoms with E-state index in [1.807, 2.05) is 24.3 Å². The first-order valence-corrected chi connectivity index (χ1v) is 8.62. The summed E-state index contributed by atoms with van der Waals surface area (Å²) in [6.45, 7) is 0.639. The molecule has 3 aromatic rings. The number of hydrogen-bond acceptors (Lipinski definition) is 5. The number of nitrogens with one attached hydrogen (secondary N) is 1. The number of pyridine rings is 1. The average molecular weight is 349 g/mol. The van der Waals surface area contributed by atoms with Crippen molar-refractivity contribution in [2.24, 2.45) is 0 Å². The quantitative estimate of drug-likeness (QED) is 0.740. The molecule has 1 amide bonds. The monoisotopic (exact) mass is 349 g/mol. The Morgan fingerprint density at radius 1 is 1.23 bits per heavy atom. The van der Waals surface area contributed by atoms with Gasteiger partial charge in [0.1, 0.15) is 18.8 Å². The van der Waals surface area contributed by atoms with Gasteiger partial charge < -0.3 is 10.1 Å². The molecular formula is C19H19N5O2. The summed E-state index contributed by atoms with van der Waals surface area (Å²) in [7, 11) is 0.